The predicted octanol–water partition coefficient (Wildman–Crippen LogP) is 1.07. The molecule has 0 bridgehead atoms. The van der Waals surface area contributed by atoms with Crippen molar-refractivity contribution < 1.29 is 8.42 Å². The Labute approximate surface area is 159 Å². The summed E-state index contributed by atoms with van der Waals surface area (Å²) < 4.78 is 25.9. The van der Waals surface area contributed by atoms with Crippen LogP contribution in [0, 0.1) is 10.8 Å². The quantitative estimate of drug-likeness (QED) is 0.521. The third-order valence-corrected chi connectivity index (χ3v) is 5.95. The molecule has 0 saturated heterocycles. The lowest BCUT2D eigenvalue weighted by Crippen LogP contribution is -2.27. The van der Waals surface area contributed by atoms with Crippen molar-refractivity contribution in [2.75, 3.05) is 0 Å². The largest absolute Gasteiger partial charge is 0.403 e. The van der Waals surface area contributed by atoms with Gasteiger partial charge in [-0.3, -0.25) is 4.79 Å². The maximum absolute atomic E-state index is 12.6. The number of sulfone groups is 1. The van der Waals surface area contributed by atoms with Gasteiger partial charge in [-0.05, 0) is 25.1 Å². The highest BCUT2D eigenvalue weighted by Gasteiger charge is 2.20. The van der Waals surface area contributed by atoms with Gasteiger partial charge in [-0.1, -0.05) is 11.6 Å². The van der Waals surface area contributed by atoms with E-state index in [-0.39, 0.29) is 38.2 Å². The minimum absolute atomic E-state index is 0.0398. The molecule has 142 valence electrons. The lowest BCUT2D eigenvalue weighted by atomic mass is 10.2. The number of hydrogen-bond acceptors (Lipinski definition) is 8. The zero-order valence-electron chi connectivity index (χ0n) is 14.2. The molecule has 0 spiro atoms. The van der Waals surface area contributed by atoms with Crippen LogP contribution in [0.15, 0.2) is 55.9 Å². The van der Waals surface area contributed by atoms with E-state index < -0.39 is 15.4 Å². The van der Waals surface area contributed by atoms with Crippen molar-refractivity contribution in [3.8, 4) is 0 Å². The van der Waals surface area contributed by atoms with Crippen LogP contribution in [0.5, 0.6) is 0 Å². The first kappa shape index (κ1) is 20.3. The molecule has 2 aromatic rings. The predicted molar refractivity (Wildman–Crippen MR) is 105 cm³/mol. The van der Waals surface area contributed by atoms with Crippen molar-refractivity contribution in [1.82, 2.24) is 9.78 Å². The highest BCUT2D eigenvalue weighted by atomic mass is 35.5. The molecule has 0 aliphatic carbocycles. The Morgan fingerprint density at radius 2 is 2.07 bits per heavy atom. The summed E-state index contributed by atoms with van der Waals surface area (Å²) in [7, 11) is -3.97. The van der Waals surface area contributed by atoms with Crippen molar-refractivity contribution in [3.63, 3.8) is 0 Å². The Bertz CT molecular complexity index is 1160. The molecular formula is C16H17ClN6O3S. The molecule has 9 nitrogen and oxygen atoms in total. The van der Waals surface area contributed by atoms with Crippen LogP contribution < -0.4 is 17.0 Å². The van der Waals surface area contributed by atoms with Gasteiger partial charge < -0.3 is 22.3 Å². The van der Waals surface area contributed by atoms with Gasteiger partial charge in [0.25, 0.3) is 5.56 Å². The SMILES string of the molecule is C/C(N)=C(\Cl)C(=N)Cn1ncc2cc(S(=O)(=O)/C(C=N)=C/N)ccc2c1=O. The molecule has 0 fully saturated rings. The minimum atomic E-state index is -3.97. The molecule has 0 aliphatic heterocycles. The zero-order chi connectivity index (χ0) is 20.4. The van der Waals surface area contributed by atoms with Crippen molar-refractivity contribution in [1.29, 1.82) is 10.8 Å². The monoisotopic (exact) mass is 408 g/mol. The number of aromatic nitrogens is 2. The molecule has 0 aliphatic rings. The Balaban J connectivity index is 2.53. The molecule has 0 radical (unpaired) electrons. The maximum Gasteiger partial charge on any atom is 0.274 e. The van der Waals surface area contributed by atoms with E-state index in [1.54, 1.807) is 0 Å². The van der Waals surface area contributed by atoms with E-state index >= 15 is 0 Å². The molecule has 11 heteroatoms. The number of benzene rings is 1. The summed E-state index contributed by atoms with van der Waals surface area (Å²) >= 11 is 5.90. The van der Waals surface area contributed by atoms with Gasteiger partial charge in [-0.15, -0.1) is 0 Å². The Morgan fingerprint density at radius 3 is 2.63 bits per heavy atom. The van der Waals surface area contributed by atoms with Gasteiger partial charge in [-0.2, -0.15) is 5.10 Å². The van der Waals surface area contributed by atoms with Crippen LogP contribution in [-0.2, 0) is 16.4 Å². The average molecular weight is 409 g/mol. The second kappa shape index (κ2) is 7.72. The van der Waals surface area contributed by atoms with Crippen LogP contribution in [0.4, 0.5) is 0 Å². The van der Waals surface area contributed by atoms with E-state index in [2.05, 4.69) is 5.10 Å². The first-order chi connectivity index (χ1) is 12.6. The van der Waals surface area contributed by atoms with Crippen molar-refractivity contribution >= 4 is 44.1 Å². The third kappa shape index (κ3) is 3.91. The van der Waals surface area contributed by atoms with Gasteiger partial charge in [0.15, 0.2) is 0 Å². The molecule has 1 heterocycles. The van der Waals surface area contributed by atoms with Gasteiger partial charge in [0.1, 0.15) is 4.91 Å². The Morgan fingerprint density at radius 1 is 1.41 bits per heavy atom. The Hall–Kier alpha value is -2.98. The summed E-state index contributed by atoms with van der Waals surface area (Å²) in [6.45, 7) is 1.35. The van der Waals surface area contributed by atoms with E-state index in [9.17, 15) is 13.2 Å². The van der Waals surface area contributed by atoms with Crippen LogP contribution in [0.1, 0.15) is 6.92 Å². The molecule has 1 aromatic carbocycles. The van der Waals surface area contributed by atoms with E-state index in [4.69, 9.17) is 33.9 Å². The van der Waals surface area contributed by atoms with E-state index in [0.29, 0.717) is 11.6 Å². The number of allylic oxidation sites excluding steroid dienone is 3. The summed E-state index contributed by atoms with van der Waals surface area (Å²) in [6, 6.07) is 3.87. The number of nitrogens with two attached hydrogens (primary N) is 2. The molecule has 0 saturated carbocycles. The highest BCUT2D eigenvalue weighted by Crippen LogP contribution is 2.21. The van der Waals surface area contributed by atoms with Gasteiger partial charge in [-0.25, -0.2) is 13.1 Å². The normalized spacial score (nSPS) is 13.3. The molecule has 0 amide bonds. The molecular weight excluding hydrogens is 392 g/mol. The second-order valence-corrected chi connectivity index (χ2v) is 7.88. The minimum Gasteiger partial charge on any atom is -0.403 e. The number of nitrogens with one attached hydrogen (secondary N) is 2. The van der Waals surface area contributed by atoms with Gasteiger partial charge in [0, 0.05) is 23.5 Å². The van der Waals surface area contributed by atoms with E-state index in [0.717, 1.165) is 10.9 Å². The highest BCUT2D eigenvalue weighted by molar-refractivity contribution is 7.96. The maximum atomic E-state index is 12.6. The third-order valence-electron chi connectivity index (χ3n) is 3.67. The van der Waals surface area contributed by atoms with Crippen LogP contribution in [-0.4, -0.2) is 30.1 Å². The summed E-state index contributed by atoms with van der Waals surface area (Å²) in [5.74, 6) is 0. The molecule has 27 heavy (non-hydrogen) atoms. The van der Waals surface area contributed by atoms with Crippen LogP contribution >= 0.6 is 11.6 Å². The first-order valence-electron chi connectivity index (χ1n) is 7.50. The number of halogens is 1. The molecule has 0 unspecified atom stereocenters. The van der Waals surface area contributed by atoms with Crippen LogP contribution in [0.3, 0.4) is 0 Å². The summed E-state index contributed by atoms with van der Waals surface area (Å²) in [6.07, 6.45) is 2.77. The smallest absolute Gasteiger partial charge is 0.274 e. The zero-order valence-corrected chi connectivity index (χ0v) is 15.8. The average Bonchev–Trinajstić information content (AvgIpc) is 2.63. The van der Waals surface area contributed by atoms with Gasteiger partial charge >= 0.3 is 0 Å². The molecule has 2 rings (SSSR count). The van der Waals surface area contributed by atoms with Crippen molar-refractivity contribution in [2.24, 2.45) is 11.5 Å². The fourth-order valence-corrected chi connectivity index (χ4v) is 3.45. The number of fused-ring (bicyclic) bond motifs is 1. The number of nitrogens with zero attached hydrogens (tertiary/aromatic N) is 2. The van der Waals surface area contributed by atoms with E-state index in [1.165, 1.54) is 31.3 Å². The first-order valence-corrected chi connectivity index (χ1v) is 9.36. The molecule has 0 atom stereocenters. The molecule has 6 N–H and O–H groups in total. The number of hydrogen-bond donors (Lipinski definition) is 4. The van der Waals surface area contributed by atoms with E-state index in [1.807, 2.05) is 0 Å². The van der Waals surface area contributed by atoms with Crippen molar-refractivity contribution in [3.05, 3.63) is 56.6 Å². The fourth-order valence-electron chi connectivity index (χ4n) is 2.25. The summed E-state index contributed by atoms with van der Waals surface area (Å²) in [5, 5.41) is 19.6. The lowest BCUT2D eigenvalue weighted by molar-refractivity contribution is 0.603. The van der Waals surface area contributed by atoms with Gasteiger partial charge in [0.05, 0.1) is 33.8 Å². The summed E-state index contributed by atoms with van der Waals surface area (Å²) in [4.78, 5) is 12.1. The topological polar surface area (TPSA) is 169 Å². The number of rotatable bonds is 6. The van der Waals surface area contributed by atoms with Gasteiger partial charge in [0.2, 0.25) is 9.84 Å². The fraction of sp³-hybridized carbons (Fsp3) is 0.125. The van der Waals surface area contributed by atoms with Crippen LogP contribution in [0.25, 0.3) is 10.8 Å². The van der Waals surface area contributed by atoms with Crippen molar-refractivity contribution in [2.45, 2.75) is 18.4 Å². The standard InChI is InChI=1S/C16H17ClN6O3S/c1-9(20)15(17)14(21)8-23-16(24)13-3-2-11(4-10(13)7-22-23)27(25,26)12(5-18)6-19/h2-7,18,21H,8,19-20H2,1H3/b12-6+,15-9+,18-5?,21-14?. The second-order valence-electron chi connectivity index (χ2n) is 5.55. The molecule has 1 aromatic heterocycles. The Kier molecular flexibility index (Phi) is 5.82. The van der Waals surface area contributed by atoms with Crippen LogP contribution in [0.2, 0.25) is 0 Å². The lowest BCUT2D eigenvalue weighted by Gasteiger charge is -2.09. The summed E-state index contributed by atoms with van der Waals surface area (Å²) in [5.41, 5.74) is 10.5.